The van der Waals surface area contributed by atoms with E-state index in [1.807, 2.05) is 48.6 Å². The van der Waals surface area contributed by atoms with E-state index < -0.39 is 0 Å². The average molecular weight is 673 g/mol. The second-order valence-electron chi connectivity index (χ2n) is 12.4. The van der Waals surface area contributed by atoms with E-state index >= 15 is 0 Å². The predicted molar refractivity (Wildman–Crippen MR) is 206 cm³/mol. The molecule has 252 valence electrons. The lowest BCUT2D eigenvalue weighted by Gasteiger charge is -2.16. The number of methoxy groups -OCH3 is 4. The summed E-state index contributed by atoms with van der Waals surface area (Å²) in [6, 6.07) is 30.7. The molecular formula is C43H36N4O4. The lowest BCUT2D eigenvalue weighted by Crippen LogP contribution is -1.97. The largest absolute Gasteiger partial charge is 0.497 e. The van der Waals surface area contributed by atoms with Crippen LogP contribution in [0.3, 0.4) is 0 Å². The molecule has 3 aromatic heterocycles. The number of fused-ring (bicyclic) bond motifs is 8. The monoisotopic (exact) mass is 672 g/mol. The van der Waals surface area contributed by atoms with Gasteiger partial charge in [-0.1, -0.05) is 42.0 Å². The van der Waals surface area contributed by atoms with Crippen LogP contribution in [0.1, 0.15) is 28.3 Å². The molecule has 8 nitrogen and oxygen atoms in total. The van der Waals surface area contributed by atoms with Gasteiger partial charge in [0, 0.05) is 50.9 Å². The van der Waals surface area contributed by atoms with Crippen LogP contribution < -0.4 is 18.9 Å². The molecule has 8 bridgehead atoms. The van der Waals surface area contributed by atoms with E-state index in [0.29, 0.717) is 17.2 Å². The average Bonchev–Trinajstić information content (AvgIpc) is 4.00. The summed E-state index contributed by atoms with van der Waals surface area (Å²) in [5.41, 5.74) is 13.6. The number of aromatic nitrogens is 4. The van der Waals surface area contributed by atoms with Gasteiger partial charge in [0.05, 0.1) is 56.8 Å². The summed E-state index contributed by atoms with van der Waals surface area (Å²) in [7, 11) is 6.58. The standard InChI is InChI=1S/C43H36N4O4/c1-25-6-8-26(9-7-25)40-32-16-12-28(44-32)22-29-13-17-36(45-29)42(43-38(50-4)23-31(49-3)24-39(43)51-5)37-21-20-35(47-37)41(34-19-18-33(40)46-34)27-10-14-30(48-2)15-11-27/h6-24,45-46H,1-5H3. The number of rotatable bonds is 7. The van der Waals surface area contributed by atoms with E-state index in [-0.39, 0.29) is 0 Å². The highest BCUT2D eigenvalue weighted by molar-refractivity contribution is 5.99. The van der Waals surface area contributed by atoms with Crippen LogP contribution in [0.15, 0.2) is 91.0 Å². The van der Waals surface area contributed by atoms with Gasteiger partial charge in [-0.15, -0.1) is 0 Å². The van der Waals surface area contributed by atoms with Crippen LogP contribution in [0.25, 0.3) is 79.8 Å². The fourth-order valence-electron chi connectivity index (χ4n) is 6.74. The van der Waals surface area contributed by atoms with Crippen LogP contribution in [0.4, 0.5) is 0 Å². The van der Waals surface area contributed by atoms with E-state index in [1.54, 1.807) is 28.4 Å². The van der Waals surface area contributed by atoms with Gasteiger partial charge in [-0.25, -0.2) is 9.97 Å². The Balaban J connectivity index is 1.53. The summed E-state index contributed by atoms with van der Waals surface area (Å²) in [5.74, 6) is 2.58. The van der Waals surface area contributed by atoms with Gasteiger partial charge in [-0.3, -0.25) is 0 Å². The number of nitrogens with one attached hydrogen (secondary N) is 2. The Kier molecular flexibility index (Phi) is 8.12. The lowest BCUT2D eigenvalue weighted by molar-refractivity contribution is 0.377. The molecule has 0 spiro atoms. The maximum atomic E-state index is 5.96. The van der Waals surface area contributed by atoms with Crippen LogP contribution in [0.5, 0.6) is 23.0 Å². The first-order valence-corrected chi connectivity index (χ1v) is 16.6. The number of H-pyrrole nitrogens is 2. The number of benzene rings is 3. The van der Waals surface area contributed by atoms with Crippen molar-refractivity contribution in [3.63, 3.8) is 0 Å². The molecule has 51 heavy (non-hydrogen) atoms. The number of aromatic amines is 2. The summed E-state index contributed by atoms with van der Waals surface area (Å²) >= 11 is 0. The number of hydrogen-bond acceptors (Lipinski definition) is 6. The van der Waals surface area contributed by atoms with Crippen LogP contribution in [0, 0.1) is 6.92 Å². The van der Waals surface area contributed by atoms with Crippen molar-refractivity contribution in [2.24, 2.45) is 0 Å². The molecule has 0 radical (unpaired) electrons. The molecule has 0 saturated carbocycles. The smallest absolute Gasteiger partial charge is 0.134 e. The topological polar surface area (TPSA) is 94.3 Å². The maximum absolute atomic E-state index is 5.96. The molecule has 2 N–H and O–H groups in total. The molecule has 0 atom stereocenters. The van der Waals surface area contributed by atoms with Crippen LogP contribution in [-0.2, 0) is 0 Å². The van der Waals surface area contributed by atoms with E-state index in [0.717, 1.165) is 84.0 Å². The summed E-state index contributed by atoms with van der Waals surface area (Å²) in [4.78, 5) is 17.9. The molecule has 2 aliphatic rings. The molecule has 0 unspecified atom stereocenters. The Morgan fingerprint density at radius 3 is 1.59 bits per heavy atom. The van der Waals surface area contributed by atoms with Crippen molar-refractivity contribution in [1.29, 1.82) is 0 Å². The van der Waals surface area contributed by atoms with Gasteiger partial charge < -0.3 is 28.9 Å². The molecule has 2 aliphatic heterocycles. The number of nitrogens with zero attached hydrogens (tertiary/aromatic N) is 2. The quantitative estimate of drug-likeness (QED) is 0.175. The Labute approximate surface area is 295 Å². The lowest BCUT2D eigenvalue weighted by atomic mass is 10.0. The fourth-order valence-corrected chi connectivity index (χ4v) is 6.74. The Morgan fingerprint density at radius 1 is 0.451 bits per heavy atom. The first kappa shape index (κ1) is 31.7. The van der Waals surface area contributed by atoms with Crippen molar-refractivity contribution in [3.05, 3.63) is 119 Å². The van der Waals surface area contributed by atoms with Crippen molar-refractivity contribution in [1.82, 2.24) is 19.9 Å². The molecule has 0 saturated heterocycles. The van der Waals surface area contributed by atoms with Gasteiger partial charge in [-0.05, 0) is 84.8 Å². The first-order chi connectivity index (χ1) is 25.0. The summed E-state index contributed by atoms with van der Waals surface area (Å²) < 4.78 is 23.0. The molecule has 0 fully saturated rings. The van der Waals surface area contributed by atoms with Gasteiger partial charge in [0.15, 0.2) is 0 Å². The van der Waals surface area contributed by atoms with Crippen molar-refractivity contribution >= 4 is 46.4 Å². The van der Waals surface area contributed by atoms with Crippen LogP contribution in [-0.4, -0.2) is 48.4 Å². The third-order valence-corrected chi connectivity index (χ3v) is 9.26. The van der Waals surface area contributed by atoms with Crippen molar-refractivity contribution < 1.29 is 18.9 Å². The summed E-state index contributed by atoms with van der Waals surface area (Å²) in [6.45, 7) is 2.10. The van der Waals surface area contributed by atoms with Crippen molar-refractivity contribution in [3.8, 4) is 56.4 Å². The number of aryl methyl sites for hydroxylation is 1. The highest BCUT2D eigenvalue weighted by Crippen LogP contribution is 2.45. The van der Waals surface area contributed by atoms with Gasteiger partial charge in [-0.2, -0.15) is 0 Å². The third kappa shape index (κ3) is 5.80. The highest BCUT2D eigenvalue weighted by Gasteiger charge is 2.22. The second kappa shape index (κ2) is 13.1. The maximum Gasteiger partial charge on any atom is 0.134 e. The highest BCUT2D eigenvalue weighted by atomic mass is 16.5. The summed E-state index contributed by atoms with van der Waals surface area (Å²) in [5, 5.41) is 0. The third-order valence-electron chi connectivity index (χ3n) is 9.26. The zero-order chi connectivity index (χ0) is 35.1. The van der Waals surface area contributed by atoms with Gasteiger partial charge in [0.1, 0.15) is 23.0 Å². The van der Waals surface area contributed by atoms with E-state index in [1.165, 1.54) is 5.56 Å². The minimum atomic E-state index is 0.593. The fraction of sp³-hybridized carbons (Fsp3) is 0.116. The van der Waals surface area contributed by atoms with E-state index in [2.05, 4.69) is 83.6 Å². The van der Waals surface area contributed by atoms with Gasteiger partial charge in [0.25, 0.3) is 0 Å². The molecular weight excluding hydrogens is 636 g/mol. The molecule has 3 aromatic carbocycles. The number of ether oxygens (including phenoxy) is 4. The van der Waals surface area contributed by atoms with Gasteiger partial charge in [0.2, 0.25) is 0 Å². The normalized spacial score (nSPS) is 11.9. The minimum Gasteiger partial charge on any atom is -0.497 e. The minimum absolute atomic E-state index is 0.593. The van der Waals surface area contributed by atoms with Crippen molar-refractivity contribution in [2.45, 2.75) is 6.92 Å². The van der Waals surface area contributed by atoms with Crippen molar-refractivity contribution in [2.75, 3.05) is 28.4 Å². The second-order valence-corrected chi connectivity index (χ2v) is 12.4. The molecule has 8 heteroatoms. The SMILES string of the molecule is COc1ccc(-c2c3nc(c(-c4c(OC)cc(OC)cc4OC)c4ccc(cc5nc(c(-c6ccc(C)cc6)c6ccc2[nH]6)C=C5)[nH]4)C=C3)cc1. The van der Waals surface area contributed by atoms with Gasteiger partial charge >= 0.3 is 0 Å². The Bertz CT molecular complexity index is 2500. The molecule has 8 rings (SSSR count). The predicted octanol–water partition coefficient (Wildman–Crippen LogP) is 10.00. The summed E-state index contributed by atoms with van der Waals surface area (Å²) in [6.07, 6.45) is 8.22. The van der Waals surface area contributed by atoms with E-state index in [4.69, 9.17) is 28.9 Å². The zero-order valence-electron chi connectivity index (χ0n) is 29.0. The molecule has 0 aliphatic carbocycles. The molecule has 5 heterocycles. The zero-order valence-corrected chi connectivity index (χ0v) is 29.0. The number of hydrogen-bond donors (Lipinski definition) is 2. The molecule has 0 amide bonds. The first-order valence-electron chi connectivity index (χ1n) is 16.6. The van der Waals surface area contributed by atoms with E-state index in [9.17, 15) is 0 Å². The van der Waals surface area contributed by atoms with Crippen LogP contribution in [0.2, 0.25) is 0 Å². The Hall–Kier alpha value is -6.54. The Morgan fingerprint density at radius 2 is 0.980 bits per heavy atom. The van der Waals surface area contributed by atoms with Crippen LogP contribution >= 0.6 is 0 Å². The molecule has 6 aromatic rings.